The normalized spacial score (nSPS) is 17.5. The molecule has 7 heteroatoms. The third-order valence-corrected chi connectivity index (χ3v) is 4.61. The van der Waals surface area contributed by atoms with Gasteiger partial charge < -0.3 is 24.8 Å². The molecular formula is C17H32IN5O. The van der Waals surface area contributed by atoms with Crippen LogP contribution in [-0.2, 0) is 18.3 Å². The van der Waals surface area contributed by atoms with Crippen molar-refractivity contribution in [3.05, 3.63) is 24.0 Å². The highest BCUT2D eigenvalue weighted by Crippen LogP contribution is 2.24. The largest absolute Gasteiger partial charge is 0.381 e. The Bertz CT molecular complexity index is 509. The Labute approximate surface area is 163 Å². The van der Waals surface area contributed by atoms with Crippen molar-refractivity contribution in [2.45, 2.75) is 31.8 Å². The van der Waals surface area contributed by atoms with Crippen molar-refractivity contribution in [3.8, 4) is 0 Å². The maximum absolute atomic E-state index is 5.53. The van der Waals surface area contributed by atoms with Crippen LogP contribution in [0.15, 0.2) is 23.5 Å². The van der Waals surface area contributed by atoms with Gasteiger partial charge >= 0.3 is 0 Å². The van der Waals surface area contributed by atoms with Crippen molar-refractivity contribution in [3.63, 3.8) is 0 Å². The fraction of sp³-hybridized carbons (Fsp3) is 0.706. The number of nitrogens with one attached hydrogen (secondary N) is 2. The van der Waals surface area contributed by atoms with Crippen molar-refractivity contribution in [2.75, 3.05) is 40.4 Å². The first kappa shape index (κ1) is 21.2. The SMILES string of the molecule is CCNC(=NCc1ccn(C)c1)NCC1(N(C)C)CCOCC1.I. The van der Waals surface area contributed by atoms with Crippen molar-refractivity contribution in [1.82, 2.24) is 20.1 Å². The van der Waals surface area contributed by atoms with Crippen LogP contribution in [0, 0.1) is 0 Å². The highest BCUT2D eigenvalue weighted by atomic mass is 127. The first-order valence-electron chi connectivity index (χ1n) is 8.44. The zero-order valence-electron chi connectivity index (χ0n) is 15.3. The number of likely N-dealkylation sites (N-methyl/N-ethyl adjacent to an activating group) is 1. The van der Waals surface area contributed by atoms with Crippen molar-refractivity contribution < 1.29 is 4.74 Å². The van der Waals surface area contributed by atoms with E-state index in [0.29, 0.717) is 6.54 Å². The average Bonchev–Trinajstić information content (AvgIpc) is 2.96. The number of nitrogens with zero attached hydrogens (tertiary/aromatic N) is 3. The molecule has 0 saturated carbocycles. The molecule has 1 fully saturated rings. The predicted octanol–water partition coefficient (Wildman–Crippen LogP) is 1.81. The molecule has 138 valence electrons. The molecule has 1 aromatic rings. The van der Waals surface area contributed by atoms with E-state index in [2.05, 4.69) is 48.8 Å². The highest BCUT2D eigenvalue weighted by Gasteiger charge is 2.34. The van der Waals surface area contributed by atoms with Gasteiger partial charge in [0.2, 0.25) is 0 Å². The van der Waals surface area contributed by atoms with Crippen LogP contribution in [0.3, 0.4) is 0 Å². The summed E-state index contributed by atoms with van der Waals surface area (Å²) in [5.74, 6) is 0.879. The topological polar surface area (TPSA) is 53.8 Å². The predicted molar refractivity (Wildman–Crippen MR) is 110 cm³/mol. The molecule has 0 atom stereocenters. The first-order valence-corrected chi connectivity index (χ1v) is 8.44. The van der Waals surface area contributed by atoms with E-state index in [4.69, 9.17) is 9.73 Å². The lowest BCUT2D eigenvalue weighted by Gasteiger charge is -2.43. The summed E-state index contributed by atoms with van der Waals surface area (Å²) in [4.78, 5) is 7.03. The lowest BCUT2D eigenvalue weighted by molar-refractivity contribution is -0.00501. The smallest absolute Gasteiger partial charge is 0.191 e. The summed E-state index contributed by atoms with van der Waals surface area (Å²) in [5.41, 5.74) is 1.36. The van der Waals surface area contributed by atoms with Crippen LogP contribution >= 0.6 is 24.0 Å². The van der Waals surface area contributed by atoms with Gasteiger partial charge in [-0.3, -0.25) is 0 Å². The van der Waals surface area contributed by atoms with Crippen molar-refractivity contribution in [2.24, 2.45) is 12.0 Å². The van der Waals surface area contributed by atoms with Crippen LogP contribution in [0.5, 0.6) is 0 Å². The zero-order valence-corrected chi connectivity index (χ0v) is 17.7. The molecule has 0 unspecified atom stereocenters. The summed E-state index contributed by atoms with van der Waals surface area (Å²) in [7, 11) is 6.34. The van der Waals surface area contributed by atoms with Gasteiger partial charge in [-0.05, 0) is 45.5 Å². The molecule has 1 aliphatic rings. The number of hydrogen-bond donors (Lipinski definition) is 2. The number of guanidine groups is 1. The Hall–Kier alpha value is -0.800. The molecule has 0 amide bonds. The molecule has 1 saturated heterocycles. The minimum absolute atomic E-state index is 0. The number of aryl methyl sites for hydroxylation is 1. The second-order valence-corrected chi connectivity index (χ2v) is 6.47. The quantitative estimate of drug-likeness (QED) is 0.395. The van der Waals surface area contributed by atoms with Gasteiger partial charge in [-0.2, -0.15) is 0 Å². The van der Waals surface area contributed by atoms with E-state index >= 15 is 0 Å². The standard InChI is InChI=1S/C17H31N5O.HI/c1-5-18-16(19-12-15-6-9-22(4)13-15)20-14-17(21(2)3)7-10-23-11-8-17;/h6,9,13H,5,7-8,10-12,14H2,1-4H3,(H2,18,19,20);1H. The van der Waals surface area contributed by atoms with E-state index in [0.717, 1.165) is 45.1 Å². The molecule has 2 rings (SSSR count). The molecule has 1 aliphatic heterocycles. The second-order valence-electron chi connectivity index (χ2n) is 6.47. The summed E-state index contributed by atoms with van der Waals surface area (Å²) in [6.45, 7) is 6.18. The van der Waals surface area contributed by atoms with Gasteiger partial charge in [0.1, 0.15) is 0 Å². The number of ether oxygens (including phenoxy) is 1. The lowest BCUT2D eigenvalue weighted by atomic mass is 9.88. The summed E-state index contributed by atoms with van der Waals surface area (Å²) < 4.78 is 7.58. The molecule has 24 heavy (non-hydrogen) atoms. The van der Waals surface area contributed by atoms with Gasteiger partial charge in [-0.15, -0.1) is 24.0 Å². The van der Waals surface area contributed by atoms with E-state index in [1.807, 2.05) is 17.8 Å². The van der Waals surface area contributed by atoms with Gasteiger partial charge in [0.25, 0.3) is 0 Å². The molecule has 0 bridgehead atoms. The summed E-state index contributed by atoms with van der Waals surface area (Å²) in [6, 6.07) is 2.10. The number of aliphatic imine (C=N–C) groups is 1. The fourth-order valence-electron chi connectivity index (χ4n) is 2.95. The highest BCUT2D eigenvalue weighted by molar-refractivity contribution is 14.0. The Morgan fingerprint density at radius 3 is 2.58 bits per heavy atom. The van der Waals surface area contributed by atoms with Crippen LogP contribution in [0.4, 0.5) is 0 Å². The van der Waals surface area contributed by atoms with E-state index in [1.54, 1.807) is 0 Å². The summed E-state index contributed by atoms with van der Waals surface area (Å²) in [6.07, 6.45) is 6.25. The Balaban J connectivity index is 0.00000288. The van der Waals surface area contributed by atoms with Crippen LogP contribution in [0.25, 0.3) is 0 Å². The minimum atomic E-state index is 0. The number of rotatable bonds is 6. The molecule has 0 spiro atoms. The zero-order chi connectivity index (χ0) is 16.7. The number of aromatic nitrogens is 1. The first-order chi connectivity index (χ1) is 11.1. The van der Waals surface area contributed by atoms with Gasteiger partial charge in [0.05, 0.1) is 6.54 Å². The van der Waals surface area contributed by atoms with Crippen molar-refractivity contribution >= 4 is 29.9 Å². The maximum atomic E-state index is 5.53. The summed E-state index contributed by atoms with van der Waals surface area (Å²) in [5, 5.41) is 6.86. The Morgan fingerprint density at radius 2 is 2.04 bits per heavy atom. The van der Waals surface area contributed by atoms with Crippen molar-refractivity contribution in [1.29, 1.82) is 0 Å². The Morgan fingerprint density at radius 1 is 1.33 bits per heavy atom. The lowest BCUT2D eigenvalue weighted by Crippen LogP contribution is -2.57. The van der Waals surface area contributed by atoms with Crippen LogP contribution in [0.2, 0.25) is 0 Å². The van der Waals surface area contributed by atoms with Gasteiger partial charge in [-0.25, -0.2) is 4.99 Å². The monoisotopic (exact) mass is 449 g/mol. The molecule has 2 N–H and O–H groups in total. The molecule has 0 aliphatic carbocycles. The van der Waals surface area contributed by atoms with E-state index in [9.17, 15) is 0 Å². The molecule has 0 radical (unpaired) electrons. The maximum Gasteiger partial charge on any atom is 0.191 e. The number of halogens is 1. The third-order valence-electron chi connectivity index (χ3n) is 4.61. The third kappa shape index (κ3) is 5.93. The van der Waals surface area contributed by atoms with Crippen LogP contribution in [-0.4, -0.2) is 61.4 Å². The van der Waals surface area contributed by atoms with Gasteiger partial charge in [0, 0.05) is 51.3 Å². The average molecular weight is 449 g/mol. The number of hydrogen-bond acceptors (Lipinski definition) is 3. The summed E-state index contributed by atoms with van der Waals surface area (Å²) >= 11 is 0. The van der Waals surface area contributed by atoms with E-state index in [-0.39, 0.29) is 29.5 Å². The van der Waals surface area contributed by atoms with E-state index in [1.165, 1.54) is 5.56 Å². The molecule has 1 aromatic heterocycles. The molecule has 0 aromatic carbocycles. The van der Waals surface area contributed by atoms with Gasteiger partial charge in [0.15, 0.2) is 5.96 Å². The van der Waals surface area contributed by atoms with Crippen LogP contribution in [0.1, 0.15) is 25.3 Å². The van der Waals surface area contributed by atoms with E-state index < -0.39 is 0 Å². The molecule has 2 heterocycles. The van der Waals surface area contributed by atoms with Crippen LogP contribution < -0.4 is 10.6 Å². The minimum Gasteiger partial charge on any atom is -0.381 e. The molecule has 6 nitrogen and oxygen atoms in total. The molecular weight excluding hydrogens is 417 g/mol. The fourth-order valence-corrected chi connectivity index (χ4v) is 2.95. The van der Waals surface area contributed by atoms with Gasteiger partial charge in [-0.1, -0.05) is 0 Å². The second kappa shape index (κ2) is 10.2. The Kier molecular flexibility index (Phi) is 9.07.